The molecule has 0 unspecified atom stereocenters. The second kappa shape index (κ2) is 9.25. The summed E-state index contributed by atoms with van der Waals surface area (Å²) in [5.74, 6) is -0.482. The Labute approximate surface area is 193 Å². The predicted molar refractivity (Wildman–Crippen MR) is 125 cm³/mol. The van der Waals surface area contributed by atoms with E-state index < -0.39 is 5.95 Å². The molecule has 2 N–H and O–H groups in total. The van der Waals surface area contributed by atoms with Gasteiger partial charge < -0.3 is 15.2 Å². The minimum atomic E-state index is -0.577. The van der Waals surface area contributed by atoms with Gasteiger partial charge in [-0.3, -0.25) is 14.5 Å². The van der Waals surface area contributed by atoms with Crippen LogP contribution in [-0.2, 0) is 6.42 Å². The number of nitrogens with zero attached hydrogens (tertiary/aromatic N) is 3. The number of piperazine rings is 1. The third-order valence-corrected chi connectivity index (χ3v) is 7.38. The van der Waals surface area contributed by atoms with Crippen LogP contribution in [0.25, 0.3) is 0 Å². The van der Waals surface area contributed by atoms with Crippen molar-refractivity contribution in [3.05, 3.63) is 57.5 Å². The SMILES string of the molecule is CCc1ccc([C@@H]2CC[C@H](N3CCN(c4ccc(C(=O)NC5CC5)nc4F)CC3)C2)[nH]c1=O. The van der Waals surface area contributed by atoms with Crippen molar-refractivity contribution in [1.82, 2.24) is 20.2 Å². The summed E-state index contributed by atoms with van der Waals surface area (Å²) in [4.78, 5) is 35.9. The van der Waals surface area contributed by atoms with E-state index in [0.717, 1.165) is 76.0 Å². The summed E-state index contributed by atoms with van der Waals surface area (Å²) >= 11 is 0. The van der Waals surface area contributed by atoms with Crippen LogP contribution in [0.3, 0.4) is 0 Å². The molecule has 7 nitrogen and oxygen atoms in total. The average molecular weight is 454 g/mol. The number of aromatic amines is 1. The molecule has 2 aromatic heterocycles. The number of nitrogens with one attached hydrogen (secondary N) is 2. The summed E-state index contributed by atoms with van der Waals surface area (Å²) < 4.78 is 14.7. The average Bonchev–Trinajstić information content (AvgIpc) is 3.50. The highest BCUT2D eigenvalue weighted by Crippen LogP contribution is 2.36. The number of hydrogen-bond acceptors (Lipinski definition) is 5. The first kappa shape index (κ1) is 22.1. The molecule has 176 valence electrons. The van der Waals surface area contributed by atoms with Crippen LogP contribution >= 0.6 is 0 Å². The van der Waals surface area contributed by atoms with E-state index >= 15 is 0 Å². The molecule has 2 atom stereocenters. The summed E-state index contributed by atoms with van der Waals surface area (Å²) in [5.41, 5.74) is 2.54. The first-order valence-electron chi connectivity index (χ1n) is 12.2. The number of anilines is 1. The Kier molecular flexibility index (Phi) is 6.19. The second-order valence-electron chi connectivity index (χ2n) is 9.56. The summed E-state index contributed by atoms with van der Waals surface area (Å²) in [7, 11) is 0. The molecule has 2 aliphatic carbocycles. The number of carbonyl (C=O) groups is 1. The molecule has 8 heteroatoms. The van der Waals surface area contributed by atoms with Crippen LogP contribution < -0.4 is 15.8 Å². The highest BCUT2D eigenvalue weighted by Gasteiger charge is 2.33. The van der Waals surface area contributed by atoms with Crippen LogP contribution in [0, 0.1) is 5.95 Å². The lowest BCUT2D eigenvalue weighted by Gasteiger charge is -2.39. The lowest BCUT2D eigenvalue weighted by molar-refractivity contribution is 0.0945. The Morgan fingerprint density at radius 1 is 1.12 bits per heavy atom. The summed E-state index contributed by atoms with van der Waals surface area (Å²) in [6, 6.07) is 8.06. The van der Waals surface area contributed by atoms with Crippen molar-refractivity contribution < 1.29 is 9.18 Å². The van der Waals surface area contributed by atoms with E-state index in [9.17, 15) is 14.0 Å². The largest absolute Gasteiger partial charge is 0.365 e. The van der Waals surface area contributed by atoms with Crippen LogP contribution in [0.4, 0.5) is 10.1 Å². The van der Waals surface area contributed by atoms with Gasteiger partial charge >= 0.3 is 0 Å². The third kappa shape index (κ3) is 4.81. The zero-order chi connectivity index (χ0) is 22.9. The van der Waals surface area contributed by atoms with Crippen molar-refractivity contribution in [3.8, 4) is 0 Å². The monoisotopic (exact) mass is 453 g/mol. The van der Waals surface area contributed by atoms with Crippen molar-refractivity contribution in [2.75, 3.05) is 31.1 Å². The first-order valence-corrected chi connectivity index (χ1v) is 12.2. The van der Waals surface area contributed by atoms with Crippen molar-refractivity contribution >= 4 is 11.6 Å². The maximum absolute atomic E-state index is 14.7. The quantitative estimate of drug-likeness (QED) is 0.658. The molecular weight excluding hydrogens is 421 g/mol. The standard InChI is InChI=1S/C25H32FN5O2/c1-2-16-4-8-20(29-24(16)32)17-3-7-19(15-17)30-11-13-31(14-12-30)22-10-9-21(28-23(22)26)25(33)27-18-5-6-18/h4,8-10,17-19H,2-3,5-7,11-15H2,1H3,(H,27,33)(H,29,32)/t17-,19+/m1/s1. The van der Waals surface area contributed by atoms with E-state index in [2.05, 4.69) is 26.3 Å². The Morgan fingerprint density at radius 2 is 1.91 bits per heavy atom. The smallest absolute Gasteiger partial charge is 0.270 e. The zero-order valence-electron chi connectivity index (χ0n) is 19.1. The number of aryl methyl sites for hydroxylation is 1. The van der Waals surface area contributed by atoms with Crippen LogP contribution in [-0.4, -0.2) is 59.0 Å². The minimum Gasteiger partial charge on any atom is -0.365 e. The van der Waals surface area contributed by atoms with E-state index in [1.54, 1.807) is 12.1 Å². The molecule has 0 bridgehead atoms. The predicted octanol–water partition coefficient (Wildman–Crippen LogP) is 2.82. The summed E-state index contributed by atoms with van der Waals surface area (Å²) in [6.45, 7) is 5.20. The van der Waals surface area contributed by atoms with E-state index in [1.165, 1.54) is 0 Å². The first-order chi connectivity index (χ1) is 16.0. The molecule has 3 heterocycles. The lowest BCUT2D eigenvalue weighted by Crippen LogP contribution is -2.50. The maximum Gasteiger partial charge on any atom is 0.270 e. The van der Waals surface area contributed by atoms with Crippen molar-refractivity contribution in [1.29, 1.82) is 0 Å². The number of hydrogen-bond donors (Lipinski definition) is 2. The number of aromatic nitrogens is 2. The highest BCUT2D eigenvalue weighted by molar-refractivity contribution is 5.92. The van der Waals surface area contributed by atoms with Gasteiger partial charge in [-0.2, -0.15) is 4.39 Å². The third-order valence-electron chi connectivity index (χ3n) is 7.38. The van der Waals surface area contributed by atoms with Crippen molar-refractivity contribution in [3.63, 3.8) is 0 Å². The van der Waals surface area contributed by atoms with Gasteiger partial charge in [-0.15, -0.1) is 0 Å². The van der Waals surface area contributed by atoms with Crippen molar-refractivity contribution in [2.45, 2.75) is 63.5 Å². The second-order valence-corrected chi connectivity index (χ2v) is 9.56. The summed E-state index contributed by atoms with van der Waals surface area (Å²) in [6.07, 6.45) is 5.96. The van der Waals surface area contributed by atoms with Crippen LogP contribution in [0.2, 0.25) is 0 Å². The molecular formula is C25H32FN5O2. The Morgan fingerprint density at radius 3 is 2.58 bits per heavy atom. The topological polar surface area (TPSA) is 81.3 Å². The van der Waals surface area contributed by atoms with E-state index in [4.69, 9.17) is 0 Å². The van der Waals surface area contributed by atoms with Gasteiger partial charge in [0.1, 0.15) is 5.69 Å². The Balaban J connectivity index is 1.16. The molecule has 33 heavy (non-hydrogen) atoms. The van der Waals surface area contributed by atoms with Crippen LogP contribution in [0.5, 0.6) is 0 Å². The molecule has 0 aromatic carbocycles. The fourth-order valence-electron chi connectivity index (χ4n) is 5.21. The molecule has 1 aliphatic heterocycles. The highest BCUT2D eigenvalue weighted by atomic mass is 19.1. The zero-order valence-corrected chi connectivity index (χ0v) is 19.1. The fraction of sp³-hybridized carbons (Fsp3) is 0.560. The number of halogens is 1. The van der Waals surface area contributed by atoms with E-state index in [1.807, 2.05) is 17.9 Å². The minimum absolute atomic E-state index is 0.0405. The maximum atomic E-state index is 14.7. The lowest BCUT2D eigenvalue weighted by atomic mass is 10.0. The molecule has 3 aliphatic rings. The van der Waals surface area contributed by atoms with Gasteiger partial charge in [-0.05, 0) is 56.7 Å². The molecule has 0 radical (unpaired) electrons. The van der Waals surface area contributed by atoms with Gasteiger partial charge in [0, 0.05) is 55.4 Å². The Hall–Kier alpha value is -2.74. The molecule has 2 aromatic rings. The van der Waals surface area contributed by atoms with Gasteiger partial charge in [0.25, 0.3) is 11.5 Å². The number of rotatable bonds is 6. The molecule has 1 saturated heterocycles. The van der Waals surface area contributed by atoms with Gasteiger partial charge in [-0.25, -0.2) is 4.98 Å². The summed E-state index contributed by atoms with van der Waals surface area (Å²) in [5, 5.41) is 2.85. The van der Waals surface area contributed by atoms with Gasteiger partial charge in [0.05, 0.1) is 5.69 Å². The molecule has 0 spiro atoms. The molecule has 1 amide bonds. The van der Waals surface area contributed by atoms with Crippen LogP contribution in [0.1, 0.15) is 66.7 Å². The van der Waals surface area contributed by atoms with Crippen LogP contribution in [0.15, 0.2) is 29.1 Å². The van der Waals surface area contributed by atoms with Gasteiger partial charge in [-0.1, -0.05) is 13.0 Å². The number of amides is 1. The van der Waals surface area contributed by atoms with Crippen molar-refractivity contribution in [2.24, 2.45) is 0 Å². The Bertz CT molecular complexity index is 1070. The number of H-pyrrole nitrogens is 1. The van der Waals surface area contributed by atoms with E-state index in [-0.39, 0.29) is 23.2 Å². The normalized spacial score (nSPS) is 23.6. The molecule has 2 saturated carbocycles. The van der Waals surface area contributed by atoms with Gasteiger partial charge in [0.15, 0.2) is 0 Å². The van der Waals surface area contributed by atoms with E-state index in [0.29, 0.717) is 17.6 Å². The fourth-order valence-corrected chi connectivity index (χ4v) is 5.21. The number of carbonyl (C=O) groups excluding carboxylic acids is 1. The molecule has 3 fully saturated rings. The number of pyridine rings is 2. The molecule has 5 rings (SSSR count). The van der Waals surface area contributed by atoms with Gasteiger partial charge in [0.2, 0.25) is 5.95 Å².